The highest BCUT2D eigenvalue weighted by atomic mass is 32.1. The van der Waals surface area contributed by atoms with Gasteiger partial charge in [-0.2, -0.15) is 4.37 Å². The van der Waals surface area contributed by atoms with Crippen LogP contribution < -0.4 is 5.32 Å². The number of hydrogen-bond donors (Lipinski definition) is 1. The number of aromatic nitrogens is 3. The van der Waals surface area contributed by atoms with Crippen molar-refractivity contribution in [2.75, 3.05) is 5.32 Å². The topological polar surface area (TPSA) is 67.8 Å². The first-order valence-corrected chi connectivity index (χ1v) is 10.3. The molecule has 0 aliphatic rings. The Balaban J connectivity index is 1.65. The molecule has 0 atom stereocenters. The fraction of sp³-hybridized carbons (Fsp3) is 0.200. The highest BCUT2D eigenvalue weighted by Gasteiger charge is 2.20. The van der Waals surface area contributed by atoms with Crippen LogP contribution in [0.3, 0.4) is 0 Å². The third kappa shape index (κ3) is 3.48. The largest absolute Gasteiger partial charge is 0.322 e. The van der Waals surface area contributed by atoms with Gasteiger partial charge in [-0.3, -0.25) is 4.79 Å². The van der Waals surface area contributed by atoms with Gasteiger partial charge in [0.2, 0.25) is 0 Å². The van der Waals surface area contributed by atoms with Crippen LogP contribution >= 0.6 is 22.9 Å². The van der Waals surface area contributed by atoms with Crippen LogP contribution in [0.15, 0.2) is 42.0 Å². The summed E-state index contributed by atoms with van der Waals surface area (Å²) in [6, 6.07) is 9.87. The zero-order valence-electron chi connectivity index (χ0n) is 15.0. The van der Waals surface area contributed by atoms with Crippen molar-refractivity contribution in [3.8, 4) is 0 Å². The number of thiophene rings is 1. The van der Waals surface area contributed by atoms with Crippen LogP contribution in [0.25, 0.3) is 10.2 Å². The van der Waals surface area contributed by atoms with E-state index in [1.165, 1.54) is 11.5 Å². The Kier molecular flexibility index (Phi) is 4.96. The maximum Gasteiger partial charge on any atom is 0.258 e. The summed E-state index contributed by atoms with van der Waals surface area (Å²) < 4.78 is 5.49. The lowest BCUT2D eigenvalue weighted by Crippen LogP contribution is -2.15. The number of benzene rings is 1. The minimum atomic E-state index is -0.117. The fourth-order valence-corrected chi connectivity index (χ4v) is 4.79. The van der Waals surface area contributed by atoms with Crippen molar-refractivity contribution in [1.82, 2.24) is 14.3 Å². The van der Waals surface area contributed by atoms with Crippen LogP contribution in [0.4, 0.5) is 5.69 Å². The summed E-state index contributed by atoms with van der Waals surface area (Å²) in [7, 11) is 0. The monoisotopic (exact) mass is 394 g/mol. The normalized spacial score (nSPS) is 11.0. The Morgan fingerprint density at radius 1 is 1.19 bits per heavy atom. The number of nitrogens with zero attached hydrogens (tertiary/aromatic N) is 3. The predicted octanol–water partition coefficient (Wildman–Crippen LogP) is 4.86. The number of aryl methyl sites for hydroxylation is 2. The first-order valence-electron chi connectivity index (χ1n) is 8.68. The molecule has 0 bridgehead atoms. The first kappa shape index (κ1) is 17.8. The first-order chi connectivity index (χ1) is 13.2. The van der Waals surface area contributed by atoms with E-state index in [2.05, 4.69) is 26.6 Å². The SMILES string of the molecule is CCc1ccccc1NC(=O)c1c(C)nsc1Cc1ncnc2ccsc12. The van der Waals surface area contributed by atoms with Gasteiger partial charge in [-0.25, -0.2) is 9.97 Å². The Hall–Kier alpha value is -2.64. The Morgan fingerprint density at radius 3 is 2.89 bits per heavy atom. The summed E-state index contributed by atoms with van der Waals surface area (Å²) in [5.41, 5.74) is 5.23. The molecule has 1 amide bonds. The molecule has 4 rings (SSSR count). The zero-order valence-corrected chi connectivity index (χ0v) is 16.7. The quantitative estimate of drug-likeness (QED) is 0.525. The van der Waals surface area contributed by atoms with Crippen molar-refractivity contribution < 1.29 is 4.79 Å². The molecule has 0 unspecified atom stereocenters. The van der Waals surface area contributed by atoms with E-state index in [-0.39, 0.29) is 5.91 Å². The number of hydrogen-bond acceptors (Lipinski definition) is 6. The average molecular weight is 395 g/mol. The van der Waals surface area contributed by atoms with E-state index in [1.807, 2.05) is 42.6 Å². The van der Waals surface area contributed by atoms with Crippen LogP contribution in [0.5, 0.6) is 0 Å². The number of carbonyl (C=O) groups excluding carboxylic acids is 1. The van der Waals surface area contributed by atoms with Crippen molar-refractivity contribution >= 4 is 44.7 Å². The fourth-order valence-electron chi connectivity index (χ4n) is 3.08. The molecule has 0 radical (unpaired) electrons. The molecule has 7 heteroatoms. The number of anilines is 1. The standard InChI is InChI=1S/C20H18N4OS2/c1-3-13-6-4-5-7-14(13)23-20(25)18-12(2)24-27-17(18)10-16-19-15(8-9-26-19)21-11-22-16/h4-9,11H,3,10H2,1-2H3,(H,23,25). The van der Waals surface area contributed by atoms with Gasteiger partial charge >= 0.3 is 0 Å². The lowest BCUT2D eigenvalue weighted by Gasteiger charge is -2.10. The van der Waals surface area contributed by atoms with Gasteiger partial charge in [-0.1, -0.05) is 25.1 Å². The second-order valence-electron chi connectivity index (χ2n) is 6.16. The van der Waals surface area contributed by atoms with E-state index in [0.717, 1.165) is 44.2 Å². The van der Waals surface area contributed by atoms with E-state index in [9.17, 15) is 4.79 Å². The number of carbonyl (C=O) groups is 1. The summed E-state index contributed by atoms with van der Waals surface area (Å²) in [4.78, 5) is 22.7. The molecule has 27 heavy (non-hydrogen) atoms. The third-order valence-corrected chi connectivity index (χ3v) is 6.34. The van der Waals surface area contributed by atoms with Gasteiger partial charge < -0.3 is 5.32 Å². The number of amides is 1. The molecule has 3 heterocycles. The van der Waals surface area contributed by atoms with Crippen LogP contribution in [0.1, 0.15) is 39.1 Å². The van der Waals surface area contributed by atoms with E-state index in [4.69, 9.17) is 0 Å². The Morgan fingerprint density at radius 2 is 2.04 bits per heavy atom. The molecular weight excluding hydrogens is 376 g/mol. The number of para-hydroxylation sites is 1. The lowest BCUT2D eigenvalue weighted by atomic mass is 10.1. The molecule has 0 spiro atoms. The van der Waals surface area contributed by atoms with Gasteiger partial charge in [0.15, 0.2) is 0 Å². The number of rotatable bonds is 5. The number of nitrogens with one attached hydrogen (secondary N) is 1. The molecule has 5 nitrogen and oxygen atoms in total. The zero-order chi connectivity index (χ0) is 18.8. The minimum absolute atomic E-state index is 0.117. The Bertz CT molecular complexity index is 1120. The Labute approximate surface area is 165 Å². The van der Waals surface area contributed by atoms with Crippen molar-refractivity contribution in [1.29, 1.82) is 0 Å². The van der Waals surface area contributed by atoms with E-state index < -0.39 is 0 Å². The highest BCUT2D eigenvalue weighted by Crippen LogP contribution is 2.28. The van der Waals surface area contributed by atoms with Crippen LogP contribution in [-0.2, 0) is 12.8 Å². The third-order valence-electron chi connectivity index (χ3n) is 4.45. The van der Waals surface area contributed by atoms with Gasteiger partial charge in [0, 0.05) is 17.0 Å². The second kappa shape index (κ2) is 7.54. The highest BCUT2D eigenvalue weighted by molar-refractivity contribution is 7.17. The second-order valence-corrected chi connectivity index (χ2v) is 7.94. The van der Waals surface area contributed by atoms with Crippen LogP contribution in [0, 0.1) is 6.92 Å². The van der Waals surface area contributed by atoms with Crippen molar-refractivity contribution in [3.63, 3.8) is 0 Å². The molecule has 3 aromatic heterocycles. The van der Waals surface area contributed by atoms with Gasteiger partial charge in [-0.15, -0.1) is 11.3 Å². The summed E-state index contributed by atoms with van der Waals surface area (Å²) >= 11 is 2.98. The molecule has 1 aromatic carbocycles. The van der Waals surface area contributed by atoms with Gasteiger partial charge in [0.05, 0.1) is 27.2 Å². The molecule has 0 fully saturated rings. The van der Waals surface area contributed by atoms with Crippen molar-refractivity contribution in [2.24, 2.45) is 0 Å². The van der Waals surface area contributed by atoms with Crippen LogP contribution in [0.2, 0.25) is 0 Å². The smallest absolute Gasteiger partial charge is 0.258 e. The predicted molar refractivity (Wildman–Crippen MR) is 111 cm³/mol. The van der Waals surface area contributed by atoms with Crippen molar-refractivity contribution in [3.05, 3.63) is 69.4 Å². The molecule has 1 N–H and O–H groups in total. The molecule has 0 saturated carbocycles. The molecule has 4 aromatic rings. The van der Waals surface area contributed by atoms with E-state index >= 15 is 0 Å². The van der Waals surface area contributed by atoms with Crippen molar-refractivity contribution in [2.45, 2.75) is 26.7 Å². The molecule has 0 saturated heterocycles. The summed E-state index contributed by atoms with van der Waals surface area (Å²) in [5, 5.41) is 5.07. The van der Waals surface area contributed by atoms with Gasteiger partial charge in [-0.05, 0) is 48.0 Å². The molecule has 0 aliphatic heterocycles. The van der Waals surface area contributed by atoms with Gasteiger partial charge in [0.1, 0.15) is 6.33 Å². The summed E-state index contributed by atoms with van der Waals surface area (Å²) in [6.45, 7) is 3.95. The molecule has 136 valence electrons. The van der Waals surface area contributed by atoms with Crippen LogP contribution in [-0.4, -0.2) is 20.2 Å². The number of fused-ring (bicyclic) bond motifs is 1. The minimum Gasteiger partial charge on any atom is -0.322 e. The van der Waals surface area contributed by atoms with Gasteiger partial charge in [0.25, 0.3) is 5.91 Å². The summed E-state index contributed by atoms with van der Waals surface area (Å²) in [5.74, 6) is -0.117. The average Bonchev–Trinajstić information content (AvgIpc) is 3.29. The molecule has 0 aliphatic carbocycles. The summed E-state index contributed by atoms with van der Waals surface area (Å²) in [6.07, 6.45) is 3.01. The lowest BCUT2D eigenvalue weighted by molar-refractivity contribution is 0.102. The van der Waals surface area contributed by atoms with E-state index in [1.54, 1.807) is 17.7 Å². The molecular formula is C20H18N4OS2. The maximum absolute atomic E-state index is 13.0. The maximum atomic E-state index is 13.0. The van der Waals surface area contributed by atoms with E-state index in [0.29, 0.717) is 12.0 Å².